The van der Waals surface area contributed by atoms with Gasteiger partial charge in [0.1, 0.15) is 5.75 Å². The largest absolute Gasteiger partial charge is 0.495 e. The minimum absolute atomic E-state index is 0.352. The number of hydrogen-bond donors (Lipinski definition) is 3. The molecule has 0 bridgehead atoms. The van der Waals surface area contributed by atoms with Crippen molar-refractivity contribution in [1.82, 2.24) is 5.32 Å². The maximum absolute atomic E-state index is 11.8. The summed E-state index contributed by atoms with van der Waals surface area (Å²) in [6.45, 7) is 2.06. The Morgan fingerprint density at radius 1 is 1.43 bits per heavy atom. The highest BCUT2D eigenvalue weighted by Gasteiger charge is 2.11. The van der Waals surface area contributed by atoms with Gasteiger partial charge in [-0.25, -0.2) is 4.79 Å². The molecule has 0 aliphatic heterocycles. The van der Waals surface area contributed by atoms with Gasteiger partial charge in [-0.1, -0.05) is 22.9 Å². The van der Waals surface area contributed by atoms with Crippen LogP contribution in [0.2, 0.25) is 0 Å². The lowest BCUT2D eigenvalue weighted by Crippen LogP contribution is -2.30. The van der Waals surface area contributed by atoms with Gasteiger partial charge in [-0.05, 0) is 31.0 Å². The standard InChI is InChI=1S/C14H19BrN2O4/c1-9(13(18)19)4-3-7-16-14(20)17-11-8-10(15)5-6-12(11)21-2/h5-6,8-9H,3-4,7H2,1-2H3,(H,18,19)(H2,16,17,20). The summed E-state index contributed by atoms with van der Waals surface area (Å²) in [4.78, 5) is 22.4. The summed E-state index contributed by atoms with van der Waals surface area (Å²) in [6.07, 6.45) is 1.13. The lowest BCUT2D eigenvalue weighted by atomic mass is 10.1. The smallest absolute Gasteiger partial charge is 0.319 e. The zero-order valence-electron chi connectivity index (χ0n) is 12.0. The predicted molar refractivity (Wildman–Crippen MR) is 83.7 cm³/mol. The number of carboxylic acid groups (broad SMARTS) is 1. The molecule has 2 amide bonds. The van der Waals surface area contributed by atoms with E-state index < -0.39 is 11.9 Å². The molecule has 0 saturated carbocycles. The fourth-order valence-electron chi connectivity index (χ4n) is 1.68. The lowest BCUT2D eigenvalue weighted by molar-refractivity contribution is -0.141. The second-order valence-corrected chi connectivity index (χ2v) is 5.52. The van der Waals surface area contributed by atoms with Crippen LogP contribution in [0, 0.1) is 5.92 Å². The lowest BCUT2D eigenvalue weighted by Gasteiger charge is -2.12. The molecule has 6 nitrogen and oxygen atoms in total. The van der Waals surface area contributed by atoms with Crippen molar-refractivity contribution in [2.24, 2.45) is 5.92 Å². The van der Waals surface area contributed by atoms with Crippen molar-refractivity contribution in [2.45, 2.75) is 19.8 Å². The van der Waals surface area contributed by atoms with Crippen LogP contribution in [-0.4, -0.2) is 30.8 Å². The van der Waals surface area contributed by atoms with Gasteiger partial charge >= 0.3 is 12.0 Å². The van der Waals surface area contributed by atoms with E-state index in [1.54, 1.807) is 19.1 Å². The molecule has 1 aromatic rings. The summed E-state index contributed by atoms with van der Waals surface area (Å²) < 4.78 is 5.98. The van der Waals surface area contributed by atoms with Gasteiger partial charge in [0.05, 0.1) is 18.7 Å². The van der Waals surface area contributed by atoms with Crippen molar-refractivity contribution >= 4 is 33.6 Å². The van der Waals surface area contributed by atoms with E-state index in [1.807, 2.05) is 6.07 Å². The van der Waals surface area contributed by atoms with E-state index in [0.717, 1.165) is 4.47 Å². The van der Waals surface area contributed by atoms with Crippen LogP contribution in [0.3, 0.4) is 0 Å². The molecule has 21 heavy (non-hydrogen) atoms. The average Bonchev–Trinajstić information content (AvgIpc) is 2.43. The number of nitrogens with one attached hydrogen (secondary N) is 2. The minimum Gasteiger partial charge on any atom is -0.495 e. The van der Waals surface area contributed by atoms with Gasteiger partial charge in [0.2, 0.25) is 0 Å². The van der Waals surface area contributed by atoms with Crippen molar-refractivity contribution in [3.63, 3.8) is 0 Å². The van der Waals surface area contributed by atoms with Crippen LogP contribution in [0.4, 0.5) is 10.5 Å². The van der Waals surface area contributed by atoms with Crippen molar-refractivity contribution in [1.29, 1.82) is 0 Å². The van der Waals surface area contributed by atoms with Crippen molar-refractivity contribution < 1.29 is 19.4 Å². The van der Waals surface area contributed by atoms with E-state index in [1.165, 1.54) is 7.11 Å². The fraction of sp³-hybridized carbons (Fsp3) is 0.429. The number of amides is 2. The second-order valence-electron chi connectivity index (χ2n) is 4.61. The number of methoxy groups -OCH3 is 1. The van der Waals surface area contributed by atoms with Crippen LogP contribution in [-0.2, 0) is 4.79 Å². The van der Waals surface area contributed by atoms with Gasteiger partial charge in [0.25, 0.3) is 0 Å². The first kappa shape index (κ1) is 17.3. The third-order valence-corrected chi connectivity index (χ3v) is 3.42. The van der Waals surface area contributed by atoms with Gasteiger partial charge in [0.15, 0.2) is 0 Å². The molecule has 0 radical (unpaired) electrons. The summed E-state index contributed by atoms with van der Waals surface area (Å²) in [5, 5.41) is 14.1. The summed E-state index contributed by atoms with van der Waals surface area (Å²) in [6, 6.07) is 4.95. The van der Waals surface area contributed by atoms with Crippen molar-refractivity contribution in [2.75, 3.05) is 19.0 Å². The van der Waals surface area contributed by atoms with Crippen molar-refractivity contribution in [3.05, 3.63) is 22.7 Å². The first-order chi connectivity index (χ1) is 9.93. The molecule has 1 rings (SSSR count). The van der Waals surface area contributed by atoms with E-state index in [0.29, 0.717) is 30.8 Å². The molecule has 7 heteroatoms. The fourth-order valence-corrected chi connectivity index (χ4v) is 2.04. The van der Waals surface area contributed by atoms with Gasteiger partial charge in [-0.2, -0.15) is 0 Å². The third kappa shape index (κ3) is 6.03. The first-order valence-corrected chi connectivity index (χ1v) is 7.34. The highest BCUT2D eigenvalue weighted by molar-refractivity contribution is 9.10. The Morgan fingerprint density at radius 3 is 2.76 bits per heavy atom. The summed E-state index contributed by atoms with van der Waals surface area (Å²) in [7, 11) is 1.53. The molecular formula is C14H19BrN2O4. The number of anilines is 1. The Labute approximate surface area is 132 Å². The number of aliphatic carboxylic acids is 1. The van der Waals surface area contributed by atoms with E-state index in [9.17, 15) is 9.59 Å². The van der Waals surface area contributed by atoms with Gasteiger partial charge in [-0.3, -0.25) is 4.79 Å². The number of benzene rings is 1. The Bertz CT molecular complexity index is 508. The van der Waals surface area contributed by atoms with E-state index in [2.05, 4.69) is 26.6 Å². The molecule has 0 fully saturated rings. The zero-order chi connectivity index (χ0) is 15.8. The molecule has 0 saturated heterocycles. The van der Waals surface area contributed by atoms with Crippen LogP contribution < -0.4 is 15.4 Å². The average molecular weight is 359 g/mol. The maximum atomic E-state index is 11.8. The molecule has 0 spiro atoms. The number of carboxylic acids is 1. The quantitative estimate of drug-likeness (QED) is 0.653. The molecule has 3 N–H and O–H groups in total. The number of urea groups is 1. The summed E-state index contributed by atoms with van der Waals surface area (Å²) >= 11 is 3.33. The van der Waals surface area contributed by atoms with Crippen LogP contribution in [0.25, 0.3) is 0 Å². The number of rotatable bonds is 7. The SMILES string of the molecule is COc1ccc(Br)cc1NC(=O)NCCCC(C)C(=O)O. The number of carbonyl (C=O) groups is 2. The number of halogens is 1. The van der Waals surface area contributed by atoms with E-state index in [-0.39, 0.29) is 6.03 Å². The Kier molecular flexibility index (Phi) is 7.01. The Hall–Kier alpha value is -1.76. The molecule has 0 aliphatic rings. The number of hydrogen-bond acceptors (Lipinski definition) is 3. The third-order valence-electron chi connectivity index (χ3n) is 2.93. The number of ether oxygens (including phenoxy) is 1. The second kappa shape index (κ2) is 8.51. The monoisotopic (exact) mass is 358 g/mol. The topological polar surface area (TPSA) is 87.7 Å². The van der Waals surface area contributed by atoms with Gasteiger partial charge in [-0.15, -0.1) is 0 Å². The van der Waals surface area contributed by atoms with E-state index in [4.69, 9.17) is 9.84 Å². The zero-order valence-corrected chi connectivity index (χ0v) is 13.6. The van der Waals surface area contributed by atoms with Crippen molar-refractivity contribution in [3.8, 4) is 5.75 Å². The Morgan fingerprint density at radius 2 is 2.14 bits per heavy atom. The molecule has 1 unspecified atom stereocenters. The van der Waals surface area contributed by atoms with Crippen LogP contribution in [0.5, 0.6) is 5.75 Å². The molecular weight excluding hydrogens is 340 g/mol. The van der Waals surface area contributed by atoms with Crippen LogP contribution in [0.15, 0.2) is 22.7 Å². The summed E-state index contributed by atoms with van der Waals surface area (Å²) in [5.41, 5.74) is 0.559. The normalized spacial score (nSPS) is 11.6. The summed E-state index contributed by atoms with van der Waals surface area (Å²) in [5.74, 6) is -0.661. The highest BCUT2D eigenvalue weighted by Crippen LogP contribution is 2.27. The molecule has 0 aliphatic carbocycles. The first-order valence-electron chi connectivity index (χ1n) is 6.55. The van der Waals surface area contributed by atoms with Crippen LogP contribution in [0.1, 0.15) is 19.8 Å². The van der Waals surface area contributed by atoms with Gasteiger partial charge < -0.3 is 20.5 Å². The maximum Gasteiger partial charge on any atom is 0.319 e. The molecule has 1 aromatic carbocycles. The number of carbonyl (C=O) groups excluding carboxylic acids is 1. The minimum atomic E-state index is -0.821. The Balaban J connectivity index is 2.40. The highest BCUT2D eigenvalue weighted by atomic mass is 79.9. The molecule has 0 aromatic heterocycles. The molecule has 1 atom stereocenters. The molecule has 0 heterocycles. The van der Waals surface area contributed by atoms with Crippen LogP contribution >= 0.6 is 15.9 Å². The molecule has 116 valence electrons. The van der Waals surface area contributed by atoms with Gasteiger partial charge in [0, 0.05) is 11.0 Å². The predicted octanol–water partition coefficient (Wildman–Crippen LogP) is 3.08. The van der Waals surface area contributed by atoms with E-state index >= 15 is 0 Å².